The molecule has 0 spiro atoms. The van der Waals surface area contributed by atoms with Crippen molar-refractivity contribution in [2.24, 2.45) is 0 Å². The Labute approximate surface area is 83.9 Å². The molecule has 14 heavy (non-hydrogen) atoms. The summed E-state index contributed by atoms with van der Waals surface area (Å²) in [7, 11) is 0. The summed E-state index contributed by atoms with van der Waals surface area (Å²) in [6.07, 6.45) is 0.854. The molecule has 1 aliphatic rings. The first-order valence-corrected chi connectivity index (χ1v) is 4.83. The fourth-order valence-corrected chi connectivity index (χ4v) is 1.85. The molecule has 0 saturated heterocycles. The van der Waals surface area contributed by atoms with E-state index in [0.717, 1.165) is 17.6 Å². The van der Waals surface area contributed by atoms with Crippen LogP contribution in [0.5, 0.6) is 5.75 Å². The average Bonchev–Trinajstić information content (AvgIpc) is 2.38. The predicted octanol–water partition coefficient (Wildman–Crippen LogP) is 2.77. The fourth-order valence-electron chi connectivity index (χ4n) is 1.85. The third-order valence-corrected chi connectivity index (χ3v) is 3.08. The van der Waals surface area contributed by atoms with Gasteiger partial charge in [0, 0.05) is 11.5 Å². The summed E-state index contributed by atoms with van der Waals surface area (Å²) in [6.45, 7) is 6.22. The molecule has 0 bridgehead atoms. The summed E-state index contributed by atoms with van der Waals surface area (Å²) in [5, 5.41) is 0. The maximum absolute atomic E-state index is 10.8. The molecular weight excluding hydrogens is 176 g/mol. The Morgan fingerprint density at radius 1 is 1.43 bits per heavy atom. The monoisotopic (exact) mass is 190 g/mol. The second-order valence-corrected chi connectivity index (χ2v) is 4.31. The lowest BCUT2D eigenvalue weighted by Crippen LogP contribution is -2.28. The van der Waals surface area contributed by atoms with E-state index < -0.39 is 0 Å². The number of benzene rings is 1. The molecule has 0 radical (unpaired) electrons. The second kappa shape index (κ2) is 2.84. The molecule has 1 aliphatic heterocycles. The van der Waals surface area contributed by atoms with Crippen molar-refractivity contribution in [2.75, 3.05) is 0 Å². The molecule has 1 aromatic carbocycles. The SMILES string of the molecule is CC1c2cccc(C=O)c2OC1(C)C. The van der Waals surface area contributed by atoms with Gasteiger partial charge in [0.2, 0.25) is 0 Å². The Kier molecular flexibility index (Phi) is 1.88. The molecule has 0 aliphatic carbocycles. The first kappa shape index (κ1) is 9.25. The molecule has 1 aromatic rings. The van der Waals surface area contributed by atoms with E-state index in [1.54, 1.807) is 6.07 Å². The first-order valence-electron chi connectivity index (χ1n) is 4.83. The molecule has 1 unspecified atom stereocenters. The minimum Gasteiger partial charge on any atom is -0.486 e. The van der Waals surface area contributed by atoms with Gasteiger partial charge in [-0.3, -0.25) is 4.79 Å². The summed E-state index contributed by atoms with van der Waals surface area (Å²) in [5.41, 5.74) is 1.58. The van der Waals surface area contributed by atoms with E-state index in [9.17, 15) is 4.79 Å². The van der Waals surface area contributed by atoms with E-state index in [1.165, 1.54) is 0 Å². The standard InChI is InChI=1S/C12H14O2/c1-8-10-6-4-5-9(7-13)11(10)14-12(8,2)3/h4-8H,1-3H3. The molecule has 2 rings (SSSR count). The highest BCUT2D eigenvalue weighted by Crippen LogP contribution is 2.45. The number of aldehydes is 1. The Hall–Kier alpha value is -1.31. The van der Waals surface area contributed by atoms with Crippen LogP contribution in [-0.4, -0.2) is 11.9 Å². The van der Waals surface area contributed by atoms with Crippen LogP contribution in [0.15, 0.2) is 18.2 Å². The van der Waals surface area contributed by atoms with Gasteiger partial charge in [-0.15, -0.1) is 0 Å². The van der Waals surface area contributed by atoms with Crippen LogP contribution in [-0.2, 0) is 0 Å². The van der Waals surface area contributed by atoms with Crippen LogP contribution in [0.2, 0.25) is 0 Å². The van der Waals surface area contributed by atoms with Crippen LogP contribution >= 0.6 is 0 Å². The van der Waals surface area contributed by atoms with Gasteiger partial charge in [-0.25, -0.2) is 0 Å². The van der Waals surface area contributed by atoms with Gasteiger partial charge < -0.3 is 4.74 Å². The van der Waals surface area contributed by atoms with Crippen molar-refractivity contribution in [3.8, 4) is 5.75 Å². The topological polar surface area (TPSA) is 26.3 Å². The van der Waals surface area contributed by atoms with E-state index in [4.69, 9.17) is 4.74 Å². The fraction of sp³-hybridized carbons (Fsp3) is 0.417. The number of para-hydroxylation sites is 1. The van der Waals surface area contributed by atoms with Gasteiger partial charge in [-0.1, -0.05) is 19.1 Å². The van der Waals surface area contributed by atoms with Gasteiger partial charge in [-0.05, 0) is 19.9 Å². The number of ether oxygens (including phenoxy) is 1. The highest BCUT2D eigenvalue weighted by molar-refractivity contribution is 5.81. The normalized spacial score (nSPS) is 22.6. The molecule has 74 valence electrons. The summed E-state index contributed by atoms with van der Waals surface area (Å²) in [4.78, 5) is 10.8. The lowest BCUT2D eigenvalue weighted by atomic mass is 9.88. The molecule has 0 aromatic heterocycles. The number of hydrogen-bond donors (Lipinski definition) is 0. The van der Waals surface area contributed by atoms with E-state index in [1.807, 2.05) is 26.0 Å². The van der Waals surface area contributed by atoms with Crippen molar-refractivity contribution in [3.63, 3.8) is 0 Å². The Morgan fingerprint density at radius 2 is 2.14 bits per heavy atom. The predicted molar refractivity (Wildman–Crippen MR) is 55.0 cm³/mol. The zero-order valence-corrected chi connectivity index (χ0v) is 8.70. The summed E-state index contributed by atoms with van der Waals surface area (Å²) >= 11 is 0. The molecule has 0 saturated carbocycles. The third-order valence-electron chi connectivity index (χ3n) is 3.08. The Bertz CT molecular complexity index is 380. The largest absolute Gasteiger partial charge is 0.486 e. The second-order valence-electron chi connectivity index (χ2n) is 4.31. The first-order chi connectivity index (χ1) is 6.56. The third kappa shape index (κ3) is 1.14. The van der Waals surface area contributed by atoms with E-state index in [-0.39, 0.29) is 5.60 Å². The molecule has 1 atom stereocenters. The van der Waals surface area contributed by atoms with Crippen LogP contribution in [0.25, 0.3) is 0 Å². The molecule has 0 amide bonds. The zero-order valence-electron chi connectivity index (χ0n) is 8.70. The number of carbonyl (C=O) groups is 1. The van der Waals surface area contributed by atoms with Crippen LogP contribution in [0, 0.1) is 0 Å². The number of hydrogen-bond acceptors (Lipinski definition) is 2. The average molecular weight is 190 g/mol. The van der Waals surface area contributed by atoms with E-state index >= 15 is 0 Å². The molecular formula is C12H14O2. The van der Waals surface area contributed by atoms with Crippen LogP contribution < -0.4 is 4.74 Å². The Balaban J connectivity index is 2.58. The van der Waals surface area contributed by atoms with E-state index in [2.05, 4.69) is 6.92 Å². The Morgan fingerprint density at radius 3 is 2.79 bits per heavy atom. The smallest absolute Gasteiger partial charge is 0.153 e. The van der Waals surface area contributed by atoms with E-state index in [0.29, 0.717) is 11.5 Å². The van der Waals surface area contributed by atoms with Crippen LogP contribution in [0.1, 0.15) is 42.6 Å². The van der Waals surface area contributed by atoms with Crippen molar-refractivity contribution in [1.82, 2.24) is 0 Å². The van der Waals surface area contributed by atoms with Gasteiger partial charge in [-0.2, -0.15) is 0 Å². The van der Waals surface area contributed by atoms with Gasteiger partial charge in [0.25, 0.3) is 0 Å². The summed E-state index contributed by atoms with van der Waals surface area (Å²) in [6, 6.07) is 5.73. The van der Waals surface area contributed by atoms with Gasteiger partial charge in [0.05, 0.1) is 5.56 Å². The van der Waals surface area contributed by atoms with Gasteiger partial charge >= 0.3 is 0 Å². The number of carbonyl (C=O) groups excluding carboxylic acids is 1. The summed E-state index contributed by atoms with van der Waals surface area (Å²) < 4.78 is 5.80. The van der Waals surface area contributed by atoms with Gasteiger partial charge in [0.15, 0.2) is 6.29 Å². The maximum atomic E-state index is 10.8. The van der Waals surface area contributed by atoms with Crippen molar-refractivity contribution < 1.29 is 9.53 Å². The van der Waals surface area contributed by atoms with Crippen molar-refractivity contribution in [2.45, 2.75) is 32.3 Å². The van der Waals surface area contributed by atoms with Crippen LogP contribution in [0.3, 0.4) is 0 Å². The quantitative estimate of drug-likeness (QED) is 0.636. The molecule has 2 heteroatoms. The highest BCUT2D eigenvalue weighted by Gasteiger charge is 2.38. The molecule has 1 heterocycles. The molecule has 0 N–H and O–H groups in total. The maximum Gasteiger partial charge on any atom is 0.153 e. The molecule has 0 fully saturated rings. The number of fused-ring (bicyclic) bond motifs is 1. The highest BCUT2D eigenvalue weighted by atomic mass is 16.5. The zero-order chi connectivity index (χ0) is 10.3. The van der Waals surface area contributed by atoms with Crippen LogP contribution in [0.4, 0.5) is 0 Å². The van der Waals surface area contributed by atoms with Crippen molar-refractivity contribution in [3.05, 3.63) is 29.3 Å². The summed E-state index contributed by atoms with van der Waals surface area (Å²) in [5.74, 6) is 1.09. The van der Waals surface area contributed by atoms with Crippen molar-refractivity contribution in [1.29, 1.82) is 0 Å². The lowest BCUT2D eigenvalue weighted by Gasteiger charge is -2.23. The van der Waals surface area contributed by atoms with Gasteiger partial charge in [0.1, 0.15) is 11.4 Å². The number of rotatable bonds is 1. The lowest BCUT2D eigenvalue weighted by molar-refractivity contribution is 0.107. The molecule has 2 nitrogen and oxygen atoms in total. The minimum absolute atomic E-state index is 0.207. The minimum atomic E-state index is -0.207. The van der Waals surface area contributed by atoms with Crippen molar-refractivity contribution >= 4 is 6.29 Å².